The average molecular weight is 456 g/mol. The number of nitrogens with zero attached hydrogens (tertiary/aromatic N) is 1. The van der Waals surface area contributed by atoms with E-state index in [0.29, 0.717) is 28.5 Å². The molecule has 1 unspecified atom stereocenters. The van der Waals surface area contributed by atoms with E-state index in [1.807, 2.05) is 43.3 Å². The van der Waals surface area contributed by atoms with E-state index in [0.717, 1.165) is 52.4 Å². The van der Waals surface area contributed by atoms with Crippen molar-refractivity contribution in [2.45, 2.75) is 59.5 Å². The Bertz CT molecular complexity index is 1480. The zero-order valence-corrected chi connectivity index (χ0v) is 20.1. The molecule has 0 saturated heterocycles. The summed E-state index contributed by atoms with van der Waals surface area (Å²) in [5.74, 6) is 0.437. The second-order valence-corrected chi connectivity index (χ2v) is 9.80. The van der Waals surface area contributed by atoms with Gasteiger partial charge in [-0.05, 0) is 72.9 Å². The van der Waals surface area contributed by atoms with Crippen molar-refractivity contribution in [2.24, 2.45) is 5.92 Å². The molecule has 174 valence electrons. The zero-order chi connectivity index (χ0) is 24.0. The Kier molecular flexibility index (Phi) is 5.72. The molecule has 5 nitrogen and oxygen atoms in total. The number of rotatable bonds is 4. The van der Waals surface area contributed by atoms with E-state index < -0.39 is 5.63 Å². The summed E-state index contributed by atoms with van der Waals surface area (Å²) in [4.78, 5) is 30.6. The van der Waals surface area contributed by atoms with E-state index in [2.05, 4.69) is 20.8 Å². The number of para-hydroxylation sites is 1. The average Bonchev–Trinajstić information content (AvgIpc) is 2.80. The van der Waals surface area contributed by atoms with Crippen LogP contribution in [0.25, 0.3) is 21.9 Å². The first-order valence-corrected chi connectivity index (χ1v) is 12.0. The third-order valence-corrected chi connectivity index (χ3v) is 6.91. The maximum absolute atomic E-state index is 13.5. The van der Waals surface area contributed by atoms with Crippen LogP contribution in [0.2, 0.25) is 0 Å². The maximum Gasteiger partial charge on any atom is 0.339 e. The summed E-state index contributed by atoms with van der Waals surface area (Å²) < 4.78 is 11.3. The van der Waals surface area contributed by atoms with Crippen molar-refractivity contribution >= 4 is 27.8 Å². The predicted molar refractivity (Wildman–Crippen MR) is 133 cm³/mol. The van der Waals surface area contributed by atoms with Gasteiger partial charge in [-0.2, -0.15) is 0 Å². The fourth-order valence-electron chi connectivity index (χ4n) is 5.14. The van der Waals surface area contributed by atoms with Crippen LogP contribution in [0.4, 0.5) is 0 Å². The molecule has 1 aliphatic carbocycles. The molecule has 1 atom stereocenters. The number of ether oxygens (including phenoxy) is 1. The van der Waals surface area contributed by atoms with Crippen LogP contribution < -0.4 is 5.63 Å². The Labute approximate surface area is 198 Å². The van der Waals surface area contributed by atoms with Crippen molar-refractivity contribution in [1.29, 1.82) is 0 Å². The molecule has 0 saturated carbocycles. The molecule has 0 spiro atoms. The second-order valence-electron chi connectivity index (χ2n) is 9.80. The van der Waals surface area contributed by atoms with Gasteiger partial charge in [0.25, 0.3) is 0 Å². The minimum absolute atomic E-state index is 0.00249. The Hall–Kier alpha value is -3.47. The number of benzene rings is 2. The highest BCUT2D eigenvalue weighted by atomic mass is 16.5. The van der Waals surface area contributed by atoms with E-state index in [1.54, 1.807) is 0 Å². The van der Waals surface area contributed by atoms with Crippen LogP contribution >= 0.6 is 0 Å². The molecule has 2 aromatic carbocycles. The lowest BCUT2D eigenvalue weighted by Crippen LogP contribution is -2.19. The van der Waals surface area contributed by atoms with E-state index in [4.69, 9.17) is 14.1 Å². The van der Waals surface area contributed by atoms with Crippen molar-refractivity contribution in [3.63, 3.8) is 0 Å². The smallest absolute Gasteiger partial charge is 0.339 e. The van der Waals surface area contributed by atoms with Gasteiger partial charge in [-0.1, -0.05) is 39.0 Å². The Balaban J connectivity index is 1.55. The van der Waals surface area contributed by atoms with Crippen LogP contribution in [0.5, 0.6) is 0 Å². The number of aromatic nitrogens is 1. The van der Waals surface area contributed by atoms with Crippen LogP contribution in [-0.2, 0) is 24.2 Å². The van der Waals surface area contributed by atoms with Crippen molar-refractivity contribution < 1.29 is 13.9 Å². The van der Waals surface area contributed by atoms with Crippen LogP contribution in [0, 0.1) is 12.8 Å². The van der Waals surface area contributed by atoms with E-state index in [9.17, 15) is 9.59 Å². The first kappa shape index (κ1) is 22.3. The highest BCUT2D eigenvalue weighted by Gasteiger charge is 2.26. The molecule has 1 aliphatic rings. The summed E-state index contributed by atoms with van der Waals surface area (Å²) in [6.45, 7) is 8.48. The van der Waals surface area contributed by atoms with E-state index >= 15 is 0 Å². The summed E-state index contributed by atoms with van der Waals surface area (Å²) in [6, 6.07) is 13.1. The summed E-state index contributed by atoms with van der Waals surface area (Å²) in [7, 11) is 0. The highest BCUT2D eigenvalue weighted by molar-refractivity contribution is 6.05. The van der Waals surface area contributed by atoms with Crippen molar-refractivity contribution in [1.82, 2.24) is 4.98 Å². The summed E-state index contributed by atoms with van der Waals surface area (Å²) >= 11 is 0. The lowest BCUT2D eigenvalue weighted by Gasteiger charge is -2.24. The topological polar surface area (TPSA) is 69.4 Å². The molecule has 0 fully saturated rings. The molecule has 2 heterocycles. The van der Waals surface area contributed by atoms with E-state index in [1.165, 1.54) is 11.6 Å². The summed E-state index contributed by atoms with van der Waals surface area (Å²) in [5, 5.41) is 1.62. The number of carbonyl (C=O) groups is 1. The van der Waals surface area contributed by atoms with Gasteiger partial charge in [0.15, 0.2) is 0 Å². The minimum Gasteiger partial charge on any atom is -0.457 e. The quantitative estimate of drug-likeness (QED) is 0.268. The Morgan fingerprint density at radius 3 is 2.76 bits per heavy atom. The Morgan fingerprint density at radius 1 is 1.18 bits per heavy atom. The standard InChI is InChI=1S/C29H29NO4/c1-16(2)21-14-22-19(13-27(31)34-26(22)12-18(21)4)15-33-29(32)28-20-7-5-6-8-24(20)30-25-10-9-17(3)11-23(25)28/h5-8,12-14,16-17H,9-11,15H2,1-4H3. The largest absolute Gasteiger partial charge is 0.457 e. The summed E-state index contributed by atoms with van der Waals surface area (Å²) in [6.07, 6.45) is 2.74. The molecular formula is C29H29NO4. The first-order valence-electron chi connectivity index (χ1n) is 12.0. The monoisotopic (exact) mass is 455 g/mol. The zero-order valence-electron chi connectivity index (χ0n) is 20.1. The predicted octanol–water partition coefficient (Wildman–Crippen LogP) is 6.25. The van der Waals surface area contributed by atoms with Gasteiger partial charge in [0.1, 0.15) is 12.2 Å². The summed E-state index contributed by atoms with van der Waals surface area (Å²) in [5.41, 5.74) is 6.38. The van der Waals surface area contributed by atoms with Gasteiger partial charge in [-0.15, -0.1) is 0 Å². The second kappa shape index (κ2) is 8.71. The lowest BCUT2D eigenvalue weighted by atomic mass is 9.84. The minimum atomic E-state index is -0.448. The third-order valence-electron chi connectivity index (χ3n) is 6.91. The molecule has 5 rings (SSSR count). The molecular weight excluding hydrogens is 426 g/mol. The van der Waals surface area contributed by atoms with Crippen LogP contribution in [0.15, 0.2) is 51.7 Å². The fraction of sp³-hybridized carbons (Fsp3) is 0.345. The first-order chi connectivity index (χ1) is 16.3. The number of fused-ring (bicyclic) bond motifs is 3. The molecule has 0 aliphatic heterocycles. The molecule has 0 N–H and O–H groups in total. The van der Waals surface area contributed by atoms with Gasteiger partial charge in [-0.3, -0.25) is 4.98 Å². The normalized spacial score (nSPS) is 15.6. The van der Waals surface area contributed by atoms with Crippen LogP contribution in [0.3, 0.4) is 0 Å². The molecule has 0 bridgehead atoms. The van der Waals surface area contributed by atoms with Gasteiger partial charge >= 0.3 is 11.6 Å². The maximum atomic E-state index is 13.5. The van der Waals surface area contributed by atoms with Gasteiger partial charge in [0.2, 0.25) is 0 Å². The third kappa shape index (κ3) is 4.00. The number of carbonyl (C=O) groups excluding carboxylic acids is 1. The van der Waals surface area contributed by atoms with Crippen molar-refractivity contribution in [3.05, 3.63) is 86.4 Å². The molecule has 0 radical (unpaired) electrons. The molecule has 4 aromatic rings. The molecule has 5 heteroatoms. The number of hydrogen-bond donors (Lipinski definition) is 0. The van der Waals surface area contributed by atoms with Crippen LogP contribution in [-0.4, -0.2) is 11.0 Å². The SMILES string of the molecule is Cc1cc2oc(=O)cc(COC(=O)c3c4c(nc5ccccc35)CCC(C)C4)c2cc1C(C)C. The molecule has 2 aromatic heterocycles. The Morgan fingerprint density at radius 2 is 1.97 bits per heavy atom. The molecule has 34 heavy (non-hydrogen) atoms. The molecule has 0 amide bonds. The lowest BCUT2D eigenvalue weighted by molar-refractivity contribution is 0.0474. The number of aryl methyl sites for hydroxylation is 2. The van der Waals surface area contributed by atoms with Gasteiger partial charge in [0, 0.05) is 28.1 Å². The van der Waals surface area contributed by atoms with Gasteiger partial charge < -0.3 is 9.15 Å². The van der Waals surface area contributed by atoms with Crippen molar-refractivity contribution in [2.75, 3.05) is 0 Å². The van der Waals surface area contributed by atoms with Gasteiger partial charge in [-0.25, -0.2) is 9.59 Å². The number of pyridine rings is 1. The number of esters is 1. The fourth-order valence-corrected chi connectivity index (χ4v) is 5.14. The van der Waals surface area contributed by atoms with Crippen molar-refractivity contribution in [3.8, 4) is 0 Å². The van der Waals surface area contributed by atoms with Gasteiger partial charge in [0.05, 0.1) is 11.1 Å². The number of hydrogen-bond acceptors (Lipinski definition) is 5. The van der Waals surface area contributed by atoms with E-state index in [-0.39, 0.29) is 12.6 Å². The van der Waals surface area contributed by atoms with Crippen LogP contribution in [0.1, 0.15) is 71.4 Å². The highest BCUT2D eigenvalue weighted by Crippen LogP contribution is 2.33.